The predicted octanol–water partition coefficient (Wildman–Crippen LogP) is 10.5. The number of benzene rings is 6. The zero-order valence-electron chi connectivity index (χ0n) is 23.7. The molecule has 3 aromatic heterocycles. The summed E-state index contributed by atoms with van der Waals surface area (Å²) in [5.41, 5.74) is 9.86. The first-order valence-corrected chi connectivity index (χ1v) is 14.8. The Morgan fingerprint density at radius 3 is 1.86 bits per heavy atom. The molecule has 0 saturated heterocycles. The zero-order valence-corrected chi connectivity index (χ0v) is 23.7. The summed E-state index contributed by atoms with van der Waals surface area (Å²) in [6.45, 7) is 0. The molecule has 0 atom stereocenters. The monoisotopic (exact) mass is 563 g/mol. The smallest absolute Gasteiger partial charge is 0.160 e. The Kier molecular flexibility index (Phi) is 5.47. The lowest BCUT2D eigenvalue weighted by Gasteiger charge is -2.12. The average Bonchev–Trinajstić information content (AvgIpc) is 3.65. The standard InChI is InChI=1S/C40H25N3O/c1-2-12-26(13-3-1)33-25-34(31-19-11-23-38-39(31)32-18-6-9-22-37(32)44-38)42-40(41-33)27-14-10-15-28(24-27)43-35-20-7-4-16-29(35)30-17-5-8-21-36(30)43/h1-25H. The molecule has 0 bridgehead atoms. The largest absolute Gasteiger partial charge is 0.456 e. The maximum absolute atomic E-state index is 6.23. The van der Waals surface area contributed by atoms with Crippen molar-refractivity contribution in [2.45, 2.75) is 0 Å². The van der Waals surface area contributed by atoms with Gasteiger partial charge in [-0.2, -0.15) is 0 Å². The first-order valence-electron chi connectivity index (χ1n) is 14.8. The van der Waals surface area contributed by atoms with Crippen molar-refractivity contribution in [3.05, 3.63) is 152 Å². The summed E-state index contributed by atoms with van der Waals surface area (Å²) in [6, 6.07) is 52.4. The van der Waals surface area contributed by atoms with Crippen molar-refractivity contribution in [2.75, 3.05) is 0 Å². The number of aromatic nitrogens is 3. The van der Waals surface area contributed by atoms with Gasteiger partial charge in [0.25, 0.3) is 0 Å². The fourth-order valence-corrected chi connectivity index (χ4v) is 6.44. The summed E-state index contributed by atoms with van der Waals surface area (Å²) < 4.78 is 8.55. The highest BCUT2D eigenvalue weighted by atomic mass is 16.3. The van der Waals surface area contributed by atoms with E-state index in [4.69, 9.17) is 14.4 Å². The fraction of sp³-hybridized carbons (Fsp3) is 0. The van der Waals surface area contributed by atoms with Gasteiger partial charge < -0.3 is 8.98 Å². The third kappa shape index (κ3) is 3.85. The number of rotatable bonds is 4. The van der Waals surface area contributed by atoms with E-state index in [0.717, 1.165) is 55.7 Å². The lowest BCUT2D eigenvalue weighted by atomic mass is 10.0. The SMILES string of the molecule is c1ccc(-c2cc(-c3cccc4oc5ccccc5c34)nc(-c3cccc(-n4c5ccccc5c5ccccc54)c3)n2)cc1. The molecule has 0 saturated carbocycles. The van der Waals surface area contributed by atoms with Crippen molar-refractivity contribution in [3.63, 3.8) is 0 Å². The number of para-hydroxylation sites is 3. The molecule has 0 N–H and O–H groups in total. The Balaban J connectivity index is 1.28. The minimum Gasteiger partial charge on any atom is -0.456 e. The van der Waals surface area contributed by atoms with Gasteiger partial charge in [-0.1, -0.05) is 109 Å². The van der Waals surface area contributed by atoms with Gasteiger partial charge in [-0.05, 0) is 42.5 Å². The van der Waals surface area contributed by atoms with Gasteiger partial charge in [-0.3, -0.25) is 0 Å². The molecule has 9 rings (SSSR count). The Hall–Kier alpha value is -6.00. The molecule has 0 spiro atoms. The van der Waals surface area contributed by atoms with Crippen molar-refractivity contribution in [1.82, 2.24) is 14.5 Å². The van der Waals surface area contributed by atoms with E-state index in [9.17, 15) is 0 Å². The van der Waals surface area contributed by atoms with E-state index in [1.807, 2.05) is 42.5 Å². The van der Waals surface area contributed by atoms with Crippen molar-refractivity contribution in [1.29, 1.82) is 0 Å². The molecule has 0 fully saturated rings. The molecular formula is C40H25N3O. The van der Waals surface area contributed by atoms with Crippen LogP contribution in [0.15, 0.2) is 156 Å². The van der Waals surface area contributed by atoms with Crippen molar-refractivity contribution < 1.29 is 4.42 Å². The summed E-state index contributed by atoms with van der Waals surface area (Å²) in [6.07, 6.45) is 0. The first kappa shape index (κ1) is 24.6. The molecule has 0 unspecified atom stereocenters. The van der Waals surface area contributed by atoms with Gasteiger partial charge in [0.05, 0.1) is 22.4 Å². The highest BCUT2D eigenvalue weighted by Gasteiger charge is 2.17. The van der Waals surface area contributed by atoms with Gasteiger partial charge in [0.1, 0.15) is 11.2 Å². The van der Waals surface area contributed by atoms with E-state index < -0.39 is 0 Å². The number of furan rings is 1. The molecule has 0 radical (unpaired) electrons. The second kappa shape index (κ2) is 9.79. The number of hydrogen-bond acceptors (Lipinski definition) is 3. The van der Waals surface area contributed by atoms with Crippen LogP contribution in [0.5, 0.6) is 0 Å². The Morgan fingerprint density at radius 2 is 1.07 bits per heavy atom. The average molecular weight is 564 g/mol. The summed E-state index contributed by atoms with van der Waals surface area (Å²) >= 11 is 0. The van der Waals surface area contributed by atoms with Crippen molar-refractivity contribution >= 4 is 43.7 Å². The van der Waals surface area contributed by atoms with Crippen LogP contribution in [-0.2, 0) is 0 Å². The second-order valence-corrected chi connectivity index (χ2v) is 11.0. The summed E-state index contributed by atoms with van der Waals surface area (Å²) in [7, 11) is 0. The van der Waals surface area contributed by atoms with Crippen LogP contribution in [0.3, 0.4) is 0 Å². The van der Waals surface area contributed by atoms with Crippen LogP contribution < -0.4 is 0 Å². The highest BCUT2D eigenvalue weighted by Crippen LogP contribution is 2.38. The number of fused-ring (bicyclic) bond motifs is 6. The summed E-state index contributed by atoms with van der Waals surface area (Å²) in [5.74, 6) is 0.675. The normalized spacial score (nSPS) is 11.6. The number of nitrogens with zero attached hydrogens (tertiary/aromatic N) is 3. The predicted molar refractivity (Wildman–Crippen MR) is 180 cm³/mol. The summed E-state index contributed by atoms with van der Waals surface area (Å²) in [5, 5.41) is 4.61. The molecule has 0 amide bonds. The van der Waals surface area contributed by atoms with Crippen LogP contribution in [0.4, 0.5) is 0 Å². The lowest BCUT2D eigenvalue weighted by Crippen LogP contribution is -1.98. The van der Waals surface area contributed by atoms with Crippen LogP contribution >= 0.6 is 0 Å². The van der Waals surface area contributed by atoms with Gasteiger partial charge in [0.2, 0.25) is 0 Å². The maximum atomic E-state index is 6.23. The molecular weight excluding hydrogens is 538 g/mol. The molecule has 4 heteroatoms. The Labute approximate surface area is 253 Å². The highest BCUT2D eigenvalue weighted by molar-refractivity contribution is 6.12. The zero-order chi connectivity index (χ0) is 29.0. The van der Waals surface area contributed by atoms with Gasteiger partial charge >= 0.3 is 0 Å². The van der Waals surface area contributed by atoms with Gasteiger partial charge in [0, 0.05) is 43.9 Å². The van der Waals surface area contributed by atoms with Crippen LogP contribution in [0.25, 0.3) is 83.3 Å². The third-order valence-electron chi connectivity index (χ3n) is 8.42. The molecule has 6 aromatic carbocycles. The molecule has 0 aliphatic carbocycles. The minimum atomic E-state index is 0.675. The Morgan fingerprint density at radius 1 is 0.455 bits per heavy atom. The molecule has 4 nitrogen and oxygen atoms in total. The second-order valence-electron chi connectivity index (χ2n) is 11.0. The molecule has 3 heterocycles. The first-order chi connectivity index (χ1) is 21.8. The number of hydrogen-bond donors (Lipinski definition) is 0. The maximum Gasteiger partial charge on any atom is 0.160 e. The molecule has 0 aliphatic heterocycles. The van der Waals surface area contributed by atoms with E-state index in [0.29, 0.717) is 5.82 Å². The fourth-order valence-electron chi connectivity index (χ4n) is 6.44. The van der Waals surface area contributed by atoms with Crippen LogP contribution in [0.1, 0.15) is 0 Å². The van der Waals surface area contributed by atoms with Gasteiger partial charge in [0.15, 0.2) is 5.82 Å². The minimum absolute atomic E-state index is 0.675. The topological polar surface area (TPSA) is 43.9 Å². The molecule has 0 aliphatic rings. The van der Waals surface area contributed by atoms with E-state index in [2.05, 4.69) is 114 Å². The van der Waals surface area contributed by atoms with E-state index in [-0.39, 0.29) is 0 Å². The van der Waals surface area contributed by atoms with Crippen LogP contribution in [0.2, 0.25) is 0 Å². The summed E-state index contributed by atoms with van der Waals surface area (Å²) in [4.78, 5) is 10.4. The van der Waals surface area contributed by atoms with Crippen molar-refractivity contribution in [3.8, 4) is 39.6 Å². The van der Waals surface area contributed by atoms with E-state index in [1.165, 1.54) is 21.8 Å². The van der Waals surface area contributed by atoms with Gasteiger partial charge in [-0.25, -0.2) is 9.97 Å². The van der Waals surface area contributed by atoms with Crippen LogP contribution in [-0.4, -0.2) is 14.5 Å². The van der Waals surface area contributed by atoms with Crippen molar-refractivity contribution in [2.24, 2.45) is 0 Å². The third-order valence-corrected chi connectivity index (χ3v) is 8.42. The lowest BCUT2D eigenvalue weighted by molar-refractivity contribution is 0.669. The van der Waals surface area contributed by atoms with Crippen LogP contribution in [0, 0.1) is 0 Å². The van der Waals surface area contributed by atoms with E-state index >= 15 is 0 Å². The van der Waals surface area contributed by atoms with Gasteiger partial charge in [-0.15, -0.1) is 0 Å². The molecule has 206 valence electrons. The van der Waals surface area contributed by atoms with E-state index in [1.54, 1.807) is 0 Å². The molecule has 9 aromatic rings. The Bertz CT molecular complexity index is 2450. The molecule has 44 heavy (non-hydrogen) atoms. The quantitative estimate of drug-likeness (QED) is 0.214.